The number of hydrogen-bond acceptors (Lipinski definition) is 3. The molecule has 1 heterocycles. The van der Waals surface area contributed by atoms with Crippen LogP contribution in [0, 0.1) is 19.8 Å². The van der Waals surface area contributed by atoms with Gasteiger partial charge in [0.1, 0.15) is 5.82 Å². The summed E-state index contributed by atoms with van der Waals surface area (Å²) in [5.74, 6) is 1.75. The van der Waals surface area contributed by atoms with Crippen molar-refractivity contribution in [1.82, 2.24) is 9.97 Å². The fourth-order valence-electron chi connectivity index (χ4n) is 2.89. The molecule has 3 nitrogen and oxygen atoms in total. The van der Waals surface area contributed by atoms with Crippen LogP contribution in [0.4, 0.5) is 5.82 Å². The van der Waals surface area contributed by atoms with Gasteiger partial charge in [0, 0.05) is 6.04 Å². The van der Waals surface area contributed by atoms with Crippen LogP contribution in [-0.2, 0) is 0 Å². The van der Waals surface area contributed by atoms with Crippen molar-refractivity contribution >= 4 is 5.82 Å². The molecule has 1 atom stereocenters. The van der Waals surface area contributed by atoms with Crippen molar-refractivity contribution in [2.75, 3.05) is 5.32 Å². The van der Waals surface area contributed by atoms with Crippen LogP contribution in [0.2, 0.25) is 0 Å². The molecule has 1 aliphatic rings. The van der Waals surface area contributed by atoms with Crippen molar-refractivity contribution in [1.29, 1.82) is 0 Å². The molecule has 0 amide bonds. The summed E-state index contributed by atoms with van der Waals surface area (Å²) in [6.45, 7) is 6.29. The van der Waals surface area contributed by atoms with Crippen LogP contribution in [0.15, 0.2) is 6.20 Å². The zero-order valence-corrected chi connectivity index (χ0v) is 11.9. The molecule has 1 aromatic heterocycles. The van der Waals surface area contributed by atoms with Gasteiger partial charge in [0.2, 0.25) is 0 Å². The van der Waals surface area contributed by atoms with Crippen LogP contribution >= 0.6 is 0 Å². The van der Waals surface area contributed by atoms with Gasteiger partial charge in [0.25, 0.3) is 0 Å². The maximum Gasteiger partial charge on any atom is 0.145 e. The molecular weight excluding hydrogens is 222 g/mol. The van der Waals surface area contributed by atoms with Crippen LogP contribution in [-0.4, -0.2) is 16.0 Å². The highest BCUT2D eigenvalue weighted by Crippen LogP contribution is 2.29. The van der Waals surface area contributed by atoms with E-state index in [0.29, 0.717) is 6.04 Å². The summed E-state index contributed by atoms with van der Waals surface area (Å²) >= 11 is 0. The van der Waals surface area contributed by atoms with Gasteiger partial charge in [-0.15, -0.1) is 0 Å². The van der Waals surface area contributed by atoms with Gasteiger partial charge < -0.3 is 5.32 Å². The van der Waals surface area contributed by atoms with E-state index in [1.54, 1.807) is 0 Å². The smallest absolute Gasteiger partial charge is 0.145 e. The standard InChI is InChI=1S/C15H25N3/c1-4-14(13-8-6-5-7-9-13)18-15-10-16-11(2)12(3)17-15/h10,13-14H,4-9H2,1-3H3,(H,17,18). The normalized spacial score (nSPS) is 18.6. The number of aryl methyl sites for hydroxylation is 2. The quantitative estimate of drug-likeness (QED) is 0.877. The van der Waals surface area contributed by atoms with Gasteiger partial charge in [0.05, 0.1) is 17.6 Å². The lowest BCUT2D eigenvalue weighted by atomic mass is 9.83. The molecule has 0 bridgehead atoms. The van der Waals surface area contributed by atoms with E-state index in [1.165, 1.54) is 38.5 Å². The summed E-state index contributed by atoms with van der Waals surface area (Å²) in [7, 11) is 0. The van der Waals surface area contributed by atoms with E-state index in [1.807, 2.05) is 20.0 Å². The highest BCUT2D eigenvalue weighted by molar-refractivity contribution is 5.34. The average Bonchev–Trinajstić information content (AvgIpc) is 2.41. The highest BCUT2D eigenvalue weighted by Gasteiger charge is 2.22. The third-order valence-corrected chi connectivity index (χ3v) is 4.18. The molecule has 0 saturated heterocycles. The number of anilines is 1. The van der Waals surface area contributed by atoms with E-state index in [2.05, 4.69) is 22.2 Å². The Morgan fingerprint density at radius 2 is 1.94 bits per heavy atom. The molecule has 0 radical (unpaired) electrons. The van der Waals surface area contributed by atoms with Gasteiger partial charge in [-0.1, -0.05) is 26.2 Å². The molecular formula is C15H25N3. The molecule has 0 aliphatic heterocycles. The van der Waals surface area contributed by atoms with Crippen LogP contribution in [0.5, 0.6) is 0 Å². The molecule has 2 rings (SSSR count). The second-order valence-electron chi connectivity index (χ2n) is 5.48. The van der Waals surface area contributed by atoms with E-state index in [0.717, 1.165) is 23.1 Å². The van der Waals surface area contributed by atoms with E-state index in [-0.39, 0.29) is 0 Å². The summed E-state index contributed by atoms with van der Waals surface area (Å²) in [4.78, 5) is 8.97. The Morgan fingerprint density at radius 1 is 1.22 bits per heavy atom. The summed E-state index contributed by atoms with van der Waals surface area (Å²) < 4.78 is 0. The Morgan fingerprint density at radius 3 is 2.56 bits per heavy atom. The van der Waals surface area contributed by atoms with Gasteiger partial charge in [-0.2, -0.15) is 0 Å². The largest absolute Gasteiger partial charge is 0.366 e. The Balaban J connectivity index is 2.02. The molecule has 1 aromatic rings. The summed E-state index contributed by atoms with van der Waals surface area (Å²) in [5, 5.41) is 3.59. The van der Waals surface area contributed by atoms with Gasteiger partial charge in [0.15, 0.2) is 0 Å². The molecule has 1 fully saturated rings. The van der Waals surface area contributed by atoms with Gasteiger partial charge in [-0.3, -0.25) is 4.98 Å². The second kappa shape index (κ2) is 6.17. The first-order valence-electron chi connectivity index (χ1n) is 7.27. The molecule has 0 spiro atoms. The first kappa shape index (κ1) is 13.3. The van der Waals surface area contributed by atoms with Crippen LogP contribution < -0.4 is 5.32 Å². The lowest BCUT2D eigenvalue weighted by Gasteiger charge is -2.30. The first-order chi connectivity index (χ1) is 8.70. The minimum Gasteiger partial charge on any atom is -0.366 e. The Bertz CT molecular complexity index is 383. The molecule has 0 aromatic carbocycles. The lowest BCUT2D eigenvalue weighted by Crippen LogP contribution is -2.30. The third kappa shape index (κ3) is 3.21. The van der Waals surface area contributed by atoms with Crippen molar-refractivity contribution in [2.45, 2.75) is 65.3 Å². The number of nitrogens with one attached hydrogen (secondary N) is 1. The maximum atomic E-state index is 4.58. The van der Waals surface area contributed by atoms with Crippen LogP contribution in [0.1, 0.15) is 56.8 Å². The van der Waals surface area contributed by atoms with Crippen molar-refractivity contribution < 1.29 is 0 Å². The molecule has 1 unspecified atom stereocenters. The fourth-order valence-corrected chi connectivity index (χ4v) is 2.89. The molecule has 3 heteroatoms. The maximum absolute atomic E-state index is 4.58. The Kier molecular flexibility index (Phi) is 4.56. The van der Waals surface area contributed by atoms with Crippen LogP contribution in [0.3, 0.4) is 0 Å². The monoisotopic (exact) mass is 247 g/mol. The predicted octanol–water partition coefficient (Wildman–Crippen LogP) is 3.86. The van der Waals surface area contributed by atoms with Crippen molar-refractivity contribution in [3.8, 4) is 0 Å². The second-order valence-corrected chi connectivity index (χ2v) is 5.48. The third-order valence-electron chi connectivity index (χ3n) is 4.18. The van der Waals surface area contributed by atoms with Crippen molar-refractivity contribution in [3.05, 3.63) is 17.6 Å². The zero-order chi connectivity index (χ0) is 13.0. The van der Waals surface area contributed by atoms with Gasteiger partial charge in [-0.25, -0.2) is 4.98 Å². The SMILES string of the molecule is CCC(Nc1cnc(C)c(C)n1)C1CCCCC1. The van der Waals surface area contributed by atoms with Gasteiger partial charge >= 0.3 is 0 Å². The molecule has 1 saturated carbocycles. The summed E-state index contributed by atoms with van der Waals surface area (Å²) in [6.07, 6.45) is 9.96. The van der Waals surface area contributed by atoms with Gasteiger partial charge in [-0.05, 0) is 39.0 Å². The van der Waals surface area contributed by atoms with E-state index in [4.69, 9.17) is 0 Å². The molecule has 1 N–H and O–H groups in total. The minimum atomic E-state index is 0.557. The molecule has 100 valence electrons. The van der Waals surface area contributed by atoms with Crippen LogP contribution in [0.25, 0.3) is 0 Å². The number of nitrogens with zero attached hydrogens (tertiary/aromatic N) is 2. The molecule has 1 aliphatic carbocycles. The first-order valence-corrected chi connectivity index (χ1v) is 7.27. The summed E-state index contributed by atoms with van der Waals surface area (Å²) in [6, 6.07) is 0.557. The van der Waals surface area contributed by atoms with E-state index >= 15 is 0 Å². The fraction of sp³-hybridized carbons (Fsp3) is 0.733. The summed E-state index contributed by atoms with van der Waals surface area (Å²) in [5.41, 5.74) is 2.05. The highest BCUT2D eigenvalue weighted by atomic mass is 15.0. The number of hydrogen-bond donors (Lipinski definition) is 1. The van der Waals surface area contributed by atoms with E-state index in [9.17, 15) is 0 Å². The topological polar surface area (TPSA) is 37.8 Å². The molecule has 18 heavy (non-hydrogen) atoms. The Labute approximate surface area is 110 Å². The lowest BCUT2D eigenvalue weighted by molar-refractivity contribution is 0.312. The number of rotatable bonds is 4. The average molecular weight is 247 g/mol. The van der Waals surface area contributed by atoms with Crippen molar-refractivity contribution in [3.63, 3.8) is 0 Å². The predicted molar refractivity (Wildman–Crippen MR) is 75.8 cm³/mol. The number of aromatic nitrogens is 2. The minimum absolute atomic E-state index is 0.557. The van der Waals surface area contributed by atoms with E-state index < -0.39 is 0 Å². The van der Waals surface area contributed by atoms with Crippen molar-refractivity contribution in [2.24, 2.45) is 5.92 Å². The zero-order valence-electron chi connectivity index (χ0n) is 11.9. The Hall–Kier alpha value is -1.12.